The fourth-order valence-corrected chi connectivity index (χ4v) is 2.06. The summed E-state index contributed by atoms with van der Waals surface area (Å²) >= 11 is 6.00. The molecule has 1 rings (SSSR count). The number of benzene rings is 1. The number of phenols is 1. The second kappa shape index (κ2) is 7.17. The van der Waals surface area contributed by atoms with E-state index in [0.29, 0.717) is 6.54 Å². The van der Waals surface area contributed by atoms with Crippen LogP contribution in [0.2, 0.25) is 5.02 Å². The van der Waals surface area contributed by atoms with Crippen molar-refractivity contribution in [2.24, 2.45) is 0 Å². The molecule has 0 aromatic heterocycles. The van der Waals surface area contributed by atoms with Crippen LogP contribution in [0.3, 0.4) is 0 Å². The highest BCUT2D eigenvalue weighted by atomic mass is 35.5. The molecule has 3 amide bonds. The third kappa shape index (κ3) is 3.78. The summed E-state index contributed by atoms with van der Waals surface area (Å²) in [5, 5.41) is 9.83. The fraction of sp³-hybridized carbons (Fsp3) is 0.429. The lowest BCUT2D eigenvalue weighted by Gasteiger charge is -2.23. The first-order chi connectivity index (χ1) is 9.83. The first-order valence-corrected chi connectivity index (χ1v) is 6.80. The van der Waals surface area contributed by atoms with E-state index in [1.54, 1.807) is 7.05 Å². The van der Waals surface area contributed by atoms with Crippen molar-refractivity contribution < 1.29 is 19.4 Å². The van der Waals surface area contributed by atoms with Gasteiger partial charge in [-0.2, -0.15) is 0 Å². The Morgan fingerprint density at radius 3 is 2.48 bits per heavy atom. The Hall–Kier alpha value is -1.95. The van der Waals surface area contributed by atoms with Crippen LogP contribution in [0.25, 0.3) is 0 Å². The molecule has 0 aliphatic heterocycles. The summed E-state index contributed by atoms with van der Waals surface area (Å²) in [5.41, 5.74) is 0.0377. The number of carbonyl (C=O) groups is 2. The summed E-state index contributed by atoms with van der Waals surface area (Å²) < 4.78 is 4.90. The van der Waals surface area contributed by atoms with Gasteiger partial charge in [0, 0.05) is 26.7 Å². The maximum absolute atomic E-state index is 12.3. The quantitative estimate of drug-likeness (QED) is 0.927. The normalized spacial score (nSPS) is 10.1. The van der Waals surface area contributed by atoms with Crippen LogP contribution in [0, 0.1) is 0 Å². The molecule has 0 aliphatic rings. The standard InChI is InChI=1S/C14H19ClN2O4/c1-5-6-16(2)14(20)17(3)13(19)9-7-11(18)12(21-4)8-10(9)15/h7-8,18H,5-6H2,1-4H3. The largest absolute Gasteiger partial charge is 0.504 e. The zero-order valence-corrected chi connectivity index (χ0v) is 13.3. The Balaban J connectivity index is 3.03. The average molecular weight is 315 g/mol. The molecule has 0 heterocycles. The molecule has 0 saturated carbocycles. The number of amides is 3. The maximum atomic E-state index is 12.3. The van der Waals surface area contributed by atoms with Gasteiger partial charge in [-0.05, 0) is 12.5 Å². The fourth-order valence-electron chi connectivity index (χ4n) is 1.83. The molecule has 116 valence electrons. The number of halogens is 1. The van der Waals surface area contributed by atoms with E-state index in [0.717, 1.165) is 11.3 Å². The van der Waals surface area contributed by atoms with Crippen molar-refractivity contribution in [2.75, 3.05) is 27.7 Å². The summed E-state index contributed by atoms with van der Waals surface area (Å²) in [6, 6.07) is 2.08. The molecule has 0 fully saturated rings. The summed E-state index contributed by atoms with van der Waals surface area (Å²) in [4.78, 5) is 26.8. The Labute approximate surface area is 128 Å². The molecular formula is C14H19ClN2O4. The van der Waals surface area contributed by atoms with Gasteiger partial charge in [0.1, 0.15) is 0 Å². The van der Waals surface area contributed by atoms with Crippen molar-refractivity contribution in [3.63, 3.8) is 0 Å². The Morgan fingerprint density at radius 1 is 1.33 bits per heavy atom. The molecule has 7 heteroatoms. The van der Waals surface area contributed by atoms with Gasteiger partial charge in [-0.25, -0.2) is 4.79 Å². The molecule has 21 heavy (non-hydrogen) atoms. The minimum Gasteiger partial charge on any atom is -0.504 e. The highest BCUT2D eigenvalue weighted by molar-refractivity contribution is 6.34. The van der Waals surface area contributed by atoms with Gasteiger partial charge in [-0.1, -0.05) is 18.5 Å². The molecule has 0 unspecified atom stereocenters. The molecule has 1 aromatic rings. The molecule has 0 atom stereocenters. The van der Waals surface area contributed by atoms with Gasteiger partial charge in [0.2, 0.25) is 0 Å². The van der Waals surface area contributed by atoms with E-state index >= 15 is 0 Å². The van der Waals surface area contributed by atoms with Crippen molar-refractivity contribution >= 4 is 23.5 Å². The van der Waals surface area contributed by atoms with Gasteiger partial charge in [-0.15, -0.1) is 0 Å². The lowest BCUT2D eigenvalue weighted by atomic mass is 10.1. The van der Waals surface area contributed by atoms with E-state index in [2.05, 4.69) is 0 Å². The molecule has 0 saturated heterocycles. The minimum absolute atomic E-state index is 0.0377. The molecular weight excluding hydrogens is 296 g/mol. The highest BCUT2D eigenvalue weighted by Gasteiger charge is 2.24. The van der Waals surface area contributed by atoms with E-state index in [4.69, 9.17) is 16.3 Å². The Kier molecular flexibility index (Phi) is 5.84. The van der Waals surface area contributed by atoms with Crippen molar-refractivity contribution in [3.8, 4) is 11.5 Å². The van der Waals surface area contributed by atoms with Crippen molar-refractivity contribution in [1.29, 1.82) is 0 Å². The topological polar surface area (TPSA) is 70.1 Å². The van der Waals surface area contributed by atoms with Crippen LogP contribution in [0.1, 0.15) is 23.7 Å². The number of phenolic OH excluding ortho intramolecular Hbond substituents is 1. The Morgan fingerprint density at radius 2 is 1.95 bits per heavy atom. The lowest BCUT2D eigenvalue weighted by Crippen LogP contribution is -2.42. The number of hydrogen-bond donors (Lipinski definition) is 1. The second-order valence-electron chi connectivity index (χ2n) is 4.57. The molecule has 1 aromatic carbocycles. The van der Waals surface area contributed by atoms with Gasteiger partial charge in [0.25, 0.3) is 5.91 Å². The number of carbonyl (C=O) groups excluding carboxylic acids is 2. The number of urea groups is 1. The molecule has 6 nitrogen and oxygen atoms in total. The highest BCUT2D eigenvalue weighted by Crippen LogP contribution is 2.32. The number of nitrogens with zero attached hydrogens (tertiary/aromatic N) is 2. The van der Waals surface area contributed by atoms with E-state index in [-0.39, 0.29) is 22.1 Å². The third-order valence-electron chi connectivity index (χ3n) is 2.98. The maximum Gasteiger partial charge on any atom is 0.326 e. The van der Waals surface area contributed by atoms with E-state index in [9.17, 15) is 14.7 Å². The predicted molar refractivity (Wildman–Crippen MR) is 80.1 cm³/mol. The molecule has 1 N–H and O–H groups in total. The van der Waals surface area contributed by atoms with E-state index < -0.39 is 11.9 Å². The monoisotopic (exact) mass is 314 g/mol. The molecule has 0 spiro atoms. The van der Waals surface area contributed by atoms with E-state index in [1.165, 1.54) is 31.2 Å². The van der Waals surface area contributed by atoms with Crippen LogP contribution in [0.4, 0.5) is 4.79 Å². The second-order valence-corrected chi connectivity index (χ2v) is 4.98. The lowest BCUT2D eigenvalue weighted by molar-refractivity contribution is 0.0803. The molecule has 0 bridgehead atoms. The first-order valence-electron chi connectivity index (χ1n) is 6.43. The van der Waals surface area contributed by atoms with Crippen LogP contribution < -0.4 is 4.74 Å². The van der Waals surface area contributed by atoms with Crippen LogP contribution in [0.15, 0.2) is 12.1 Å². The smallest absolute Gasteiger partial charge is 0.326 e. The Bertz CT molecular complexity index is 548. The number of aromatic hydroxyl groups is 1. The number of imide groups is 1. The van der Waals surface area contributed by atoms with E-state index in [1.807, 2.05) is 6.92 Å². The molecule has 0 aliphatic carbocycles. The number of methoxy groups -OCH3 is 1. The van der Waals surface area contributed by atoms with Crippen molar-refractivity contribution in [3.05, 3.63) is 22.7 Å². The summed E-state index contributed by atoms with van der Waals surface area (Å²) in [7, 11) is 4.36. The van der Waals surface area contributed by atoms with Crippen LogP contribution in [0.5, 0.6) is 11.5 Å². The zero-order valence-electron chi connectivity index (χ0n) is 12.5. The van der Waals surface area contributed by atoms with Gasteiger partial charge < -0.3 is 14.7 Å². The van der Waals surface area contributed by atoms with Crippen molar-refractivity contribution in [1.82, 2.24) is 9.80 Å². The van der Waals surface area contributed by atoms with Crippen molar-refractivity contribution in [2.45, 2.75) is 13.3 Å². The van der Waals surface area contributed by atoms with Gasteiger partial charge in [0.15, 0.2) is 11.5 Å². The summed E-state index contributed by atoms with van der Waals surface area (Å²) in [6.45, 7) is 2.47. The predicted octanol–water partition coefficient (Wildman–Crippen LogP) is 2.59. The average Bonchev–Trinajstić information content (AvgIpc) is 2.47. The number of hydrogen-bond acceptors (Lipinski definition) is 4. The number of rotatable bonds is 4. The summed E-state index contributed by atoms with van der Waals surface area (Å²) in [5.74, 6) is -0.646. The molecule has 0 radical (unpaired) electrons. The van der Waals surface area contributed by atoms with Crippen LogP contribution in [-0.2, 0) is 0 Å². The summed E-state index contributed by atoms with van der Waals surface area (Å²) in [6.07, 6.45) is 0.786. The number of ether oxygens (including phenoxy) is 1. The third-order valence-corrected chi connectivity index (χ3v) is 3.29. The van der Waals surface area contributed by atoms with Gasteiger partial charge >= 0.3 is 6.03 Å². The van der Waals surface area contributed by atoms with Crippen LogP contribution >= 0.6 is 11.6 Å². The van der Waals surface area contributed by atoms with Gasteiger partial charge in [-0.3, -0.25) is 9.69 Å². The zero-order chi connectivity index (χ0) is 16.2. The van der Waals surface area contributed by atoms with Crippen LogP contribution in [-0.4, -0.2) is 54.6 Å². The minimum atomic E-state index is -0.592. The first kappa shape index (κ1) is 17.1. The van der Waals surface area contributed by atoms with Gasteiger partial charge in [0.05, 0.1) is 17.7 Å². The SMILES string of the molecule is CCCN(C)C(=O)N(C)C(=O)c1cc(O)c(OC)cc1Cl.